The number of hydrogen-bond donors (Lipinski definition) is 7. The number of aliphatic hydroxyl groups is 5. The number of amides is 1. The lowest BCUT2D eigenvalue weighted by Crippen LogP contribution is -2.61. The summed E-state index contributed by atoms with van der Waals surface area (Å²) in [7, 11) is -5.12. The van der Waals surface area contributed by atoms with Crippen LogP contribution in [0, 0.1) is 0 Å². The van der Waals surface area contributed by atoms with Crippen molar-refractivity contribution in [3.05, 3.63) is 36.5 Å². The van der Waals surface area contributed by atoms with Gasteiger partial charge in [0.2, 0.25) is 5.91 Å². The van der Waals surface area contributed by atoms with Crippen LogP contribution in [0.2, 0.25) is 0 Å². The fraction of sp³-hybridized carbons (Fsp3) is 0.816. The van der Waals surface area contributed by atoms with Crippen LogP contribution in [0.1, 0.15) is 136 Å². The molecule has 1 aliphatic heterocycles. The molecule has 0 aromatic carbocycles. The summed E-state index contributed by atoms with van der Waals surface area (Å²) in [5.41, 5.74) is 0. The molecule has 1 fully saturated rings. The van der Waals surface area contributed by atoms with E-state index in [0.29, 0.717) is 12.8 Å². The van der Waals surface area contributed by atoms with Gasteiger partial charge in [-0.25, -0.2) is 4.18 Å². The first kappa shape index (κ1) is 48.3. The second kappa shape index (κ2) is 29.6. The van der Waals surface area contributed by atoms with Gasteiger partial charge in [-0.15, -0.1) is 0 Å². The molecule has 1 heterocycles. The highest BCUT2D eigenvalue weighted by Crippen LogP contribution is 2.26. The molecule has 13 nitrogen and oxygen atoms in total. The summed E-state index contributed by atoms with van der Waals surface area (Å²) < 4.78 is 47.2. The van der Waals surface area contributed by atoms with E-state index in [9.17, 15) is 38.7 Å². The molecular weight excluding hydrogens is 694 g/mol. The molecule has 1 rings (SSSR count). The summed E-state index contributed by atoms with van der Waals surface area (Å²) in [6, 6.07) is -1.14. The number of allylic oxidation sites excluding steroid dienone is 5. The van der Waals surface area contributed by atoms with Crippen LogP contribution in [0.15, 0.2) is 36.5 Å². The first-order valence-electron chi connectivity index (χ1n) is 19.5. The number of aliphatic hydroxyl groups excluding tert-OH is 5. The Balaban J connectivity index is 2.75. The standard InChI is InChI=1S/C38H69NO12S/c1-3-5-7-9-11-13-15-17-18-20-22-24-26-31(41)30(29-49-38-35(44)36(51-52(46,47)48)34(43)33(28-40)50-38)39-37(45)32(42)27-25-23-21-19-16-14-12-10-8-6-4-2/h9,11,17-18,24,26,30-36,38,40-44H,3-8,10,12-16,19-23,25,27-29H2,1-2H3,(H,39,45)(H,46,47,48)/b11-9+,18-17+,26-24+. The lowest BCUT2D eigenvalue weighted by Gasteiger charge is -2.41. The van der Waals surface area contributed by atoms with Crippen LogP contribution in [-0.4, -0.2) is 107 Å². The Labute approximate surface area is 312 Å². The van der Waals surface area contributed by atoms with Crippen LogP contribution >= 0.6 is 0 Å². The summed E-state index contributed by atoms with van der Waals surface area (Å²) >= 11 is 0. The van der Waals surface area contributed by atoms with Gasteiger partial charge in [0.05, 0.1) is 25.4 Å². The second-order valence-electron chi connectivity index (χ2n) is 13.6. The van der Waals surface area contributed by atoms with Crippen molar-refractivity contribution >= 4 is 16.3 Å². The van der Waals surface area contributed by atoms with Crippen molar-refractivity contribution in [1.29, 1.82) is 0 Å². The highest BCUT2D eigenvalue weighted by atomic mass is 32.3. The predicted octanol–water partition coefficient (Wildman–Crippen LogP) is 4.96. The predicted molar refractivity (Wildman–Crippen MR) is 201 cm³/mol. The van der Waals surface area contributed by atoms with Crippen LogP contribution in [0.3, 0.4) is 0 Å². The molecule has 52 heavy (non-hydrogen) atoms. The zero-order valence-electron chi connectivity index (χ0n) is 31.5. The normalized spacial score (nSPS) is 23.1. The van der Waals surface area contributed by atoms with Crippen LogP contribution < -0.4 is 5.32 Å². The third-order valence-electron chi connectivity index (χ3n) is 9.01. The number of unbranched alkanes of at least 4 members (excludes halogenated alkanes) is 14. The van der Waals surface area contributed by atoms with E-state index < -0.39 is 78.5 Å². The number of carbonyl (C=O) groups is 1. The first-order valence-corrected chi connectivity index (χ1v) is 20.8. The Morgan fingerprint density at radius 1 is 0.769 bits per heavy atom. The van der Waals surface area contributed by atoms with Crippen LogP contribution in [0.25, 0.3) is 0 Å². The highest BCUT2D eigenvalue weighted by molar-refractivity contribution is 7.80. The monoisotopic (exact) mass is 763 g/mol. The third-order valence-corrected chi connectivity index (χ3v) is 9.47. The van der Waals surface area contributed by atoms with Gasteiger partial charge in [-0.3, -0.25) is 9.35 Å². The minimum atomic E-state index is -5.12. The van der Waals surface area contributed by atoms with E-state index in [2.05, 4.69) is 47.7 Å². The lowest BCUT2D eigenvalue weighted by atomic mass is 9.99. The van der Waals surface area contributed by atoms with Crippen molar-refractivity contribution in [2.24, 2.45) is 0 Å². The molecule has 1 saturated heterocycles. The minimum Gasteiger partial charge on any atom is -0.394 e. The zero-order valence-corrected chi connectivity index (χ0v) is 32.3. The van der Waals surface area contributed by atoms with E-state index in [1.807, 2.05) is 0 Å². The van der Waals surface area contributed by atoms with Crippen molar-refractivity contribution in [1.82, 2.24) is 5.32 Å². The van der Waals surface area contributed by atoms with E-state index in [-0.39, 0.29) is 6.42 Å². The Morgan fingerprint density at radius 2 is 1.29 bits per heavy atom. The van der Waals surface area contributed by atoms with Crippen molar-refractivity contribution in [3.63, 3.8) is 0 Å². The maximum absolute atomic E-state index is 13.0. The van der Waals surface area contributed by atoms with E-state index in [0.717, 1.165) is 44.9 Å². The molecule has 7 N–H and O–H groups in total. The third kappa shape index (κ3) is 22.5. The molecular formula is C38H69NO12S. The maximum Gasteiger partial charge on any atom is 0.397 e. The maximum atomic E-state index is 13.0. The molecule has 0 aromatic rings. The van der Waals surface area contributed by atoms with Gasteiger partial charge in [0, 0.05) is 0 Å². The molecule has 304 valence electrons. The smallest absolute Gasteiger partial charge is 0.394 e. The Kier molecular flexibility index (Phi) is 27.5. The molecule has 0 bridgehead atoms. The first-order chi connectivity index (χ1) is 24.9. The van der Waals surface area contributed by atoms with Crippen molar-refractivity contribution < 1.29 is 57.0 Å². The topological polar surface area (TPSA) is 212 Å². The summed E-state index contributed by atoms with van der Waals surface area (Å²) in [4.78, 5) is 13.0. The van der Waals surface area contributed by atoms with Gasteiger partial charge in [0.25, 0.3) is 0 Å². The molecule has 0 radical (unpaired) electrons. The van der Waals surface area contributed by atoms with Gasteiger partial charge in [0.15, 0.2) is 6.29 Å². The summed E-state index contributed by atoms with van der Waals surface area (Å²) in [5.74, 6) is -0.721. The van der Waals surface area contributed by atoms with Gasteiger partial charge < -0.3 is 40.3 Å². The number of ether oxygens (including phenoxy) is 2. The van der Waals surface area contributed by atoms with Gasteiger partial charge in [-0.05, 0) is 38.5 Å². The molecule has 8 atom stereocenters. The van der Waals surface area contributed by atoms with Crippen LogP contribution in [-0.2, 0) is 28.9 Å². The van der Waals surface area contributed by atoms with E-state index >= 15 is 0 Å². The summed E-state index contributed by atoms with van der Waals surface area (Å²) in [5, 5.41) is 54.8. The molecule has 1 aliphatic rings. The summed E-state index contributed by atoms with van der Waals surface area (Å²) in [6.07, 6.45) is 19.7. The van der Waals surface area contributed by atoms with Gasteiger partial charge in [0.1, 0.15) is 30.5 Å². The highest BCUT2D eigenvalue weighted by Gasteiger charge is 2.48. The van der Waals surface area contributed by atoms with E-state index in [1.54, 1.807) is 6.08 Å². The molecule has 0 spiro atoms. The molecule has 0 saturated carbocycles. The minimum absolute atomic E-state index is 0.235. The van der Waals surface area contributed by atoms with Crippen LogP contribution in [0.4, 0.5) is 0 Å². The lowest BCUT2D eigenvalue weighted by molar-refractivity contribution is -0.298. The van der Waals surface area contributed by atoms with Gasteiger partial charge >= 0.3 is 10.4 Å². The molecule has 8 unspecified atom stereocenters. The molecule has 0 aliphatic carbocycles. The van der Waals surface area contributed by atoms with Crippen LogP contribution in [0.5, 0.6) is 0 Å². The fourth-order valence-electron chi connectivity index (χ4n) is 5.83. The molecule has 1 amide bonds. The largest absolute Gasteiger partial charge is 0.397 e. The fourth-order valence-corrected chi connectivity index (χ4v) is 6.34. The van der Waals surface area contributed by atoms with Gasteiger partial charge in [-0.1, -0.05) is 134 Å². The summed E-state index contributed by atoms with van der Waals surface area (Å²) in [6.45, 7) is 3.08. The van der Waals surface area contributed by atoms with Gasteiger partial charge in [-0.2, -0.15) is 8.42 Å². The van der Waals surface area contributed by atoms with E-state index in [1.165, 1.54) is 63.9 Å². The Bertz CT molecular complexity index is 1100. The Morgan fingerprint density at radius 3 is 1.83 bits per heavy atom. The Hall–Kier alpha value is -1.72. The number of nitrogens with one attached hydrogen (secondary N) is 1. The molecule has 14 heteroatoms. The van der Waals surface area contributed by atoms with Crippen molar-refractivity contribution in [2.45, 2.75) is 185 Å². The second-order valence-corrected chi connectivity index (χ2v) is 14.7. The van der Waals surface area contributed by atoms with E-state index in [4.69, 9.17) is 14.0 Å². The average molecular weight is 764 g/mol. The molecule has 0 aromatic heterocycles. The van der Waals surface area contributed by atoms with Crippen molar-refractivity contribution in [2.75, 3.05) is 13.2 Å². The quantitative estimate of drug-likeness (QED) is 0.0284. The average Bonchev–Trinajstić information content (AvgIpc) is 3.11. The SMILES string of the molecule is CCCC/C=C/CC/C=C/CC/C=C/C(O)C(COC1OC(CO)C(O)C(OS(=O)(=O)O)C1O)NC(=O)C(O)CCCCCCCCCCCCC. The number of rotatable bonds is 31. The number of carbonyl (C=O) groups excluding carboxylic acids is 1. The zero-order chi connectivity index (χ0) is 38.6. The number of hydrogen-bond acceptors (Lipinski definition) is 11. The van der Waals surface area contributed by atoms with Crippen molar-refractivity contribution in [3.8, 4) is 0 Å².